The summed E-state index contributed by atoms with van der Waals surface area (Å²) in [6.45, 7) is 6.98. The molecular formula is C17H34ClNO. The molecule has 120 valence electrons. The van der Waals surface area contributed by atoms with Crippen molar-refractivity contribution in [2.75, 3.05) is 19.7 Å². The zero-order chi connectivity index (χ0) is 14.7. The summed E-state index contributed by atoms with van der Waals surface area (Å²) in [7, 11) is 0. The van der Waals surface area contributed by atoms with Crippen molar-refractivity contribution in [1.29, 1.82) is 0 Å². The van der Waals surface area contributed by atoms with Crippen LogP contribution in [0.2, 0.25) is 0 Å². The average molecular weight is 304 g/mol. The van der Waals surface area contributed by atoms with Crippen LogP contribution in [0.15, 0.2) is 0 Å². The van der Waals surface area contributed by atoms with Gasteiger partial charge >= 0.3 is 0 Å². The summed E-state index contributed by atoms with van der Waals surface area (Å²) in [5.74, 6) is 0. The Morgan fingerprint density at radius 3 is 2.05 bits per heavy atom. The molecule has 0 N–H and O–H groups in total. The second kappa shape index (κ2) is 10.9. The van der Waals surface area contributed by atoms with Gasteiger partial charge in [-0.15, -0.1) is 0 Å². The Morgan fingerprint density at radius 1 is 0.950 bits per heavy atom. The van der Waals surface area contributed by atoms with Crippen LogP contribution in [0.4, 0.5) is 0 Å². The lowest BCUT2D eigenvalue weighted by Crippen LogP contribution is -2.46. The van der Waals surface area contributed by atoms with E-state index in [1.54, 1.807) is 0 Å². The largest absolute Gasteiger partial charge is 0.373 e. The van der Waals surface area contributed by atoms with Crippen molar-refractivity contribution < 1.29 is 4.74 Å². The van der Waals surface area contributed by atoms with Gasteiger partial charge in [0.1, 0.15) is 0 Å². The normalized spacial score (nSPS) is 24.1. The lowest BCUT2D eigenvalue weighted by molar-refractivity contribution is -0.0825. The number of hydrogen-bond donors (Lipinski definition) is 0. The number of ether oxygens (including phenoxy) is 1. The number of hydrogen-bond acceptors (Lipinski definition) is 2. The smallest absolute Gasteiger partial charge is 0.0794 e. The molecule has 1 atom stereocenters. The minimum Gasteiger partial charge on any atom is -0.373 e. The molecule has 0 saturated carbocycles. The standard InChI is InChI=1S/C17H34ClNO/c1-3-4-5-6-7-8-9-10-11-12-13-17(2)16-19(18)14-15-20-17/h3-16H2,1-2H3. The SMILES string of the molecule is CCCCCCCCCCCCC1(C)CN(Cl)CCO1. The molecule has 2 nitrogen and oxygen atoms in total. The zero-order valence-electron chi connectivity index (χ0n) is 13.6. The summed E-state index contributed by atoms with van der Waals surface area (Å²) >= 11 is 6.09. The second-order valence-electron chi connectivity index (χ2n) is 6.57. The molecule has 1 aliphatic rings. The fourth-order valence-corrected chi connectivity index (χ4v) is 3.34. The summed E-state index contributed by atoms with van der Waals surface area (Å²) in [5, 5.41) is 0. The first-order valence-electron chi connectivity index (χ1n) is 8.71. The molecule has 0 aromatic rings. The van der Waals surface area contributed by atoms with Gasteiger partial charge in [-0.25, -0.2) is 4.42 Å². The van der Waals surface area contributed by atoms with Crippen LogP contribution in [0.1, 0.15) is 84.5 Å². The summed E-state index contributed by atoms with van der Waals surface area (Å²) < 4.78 is 7.77. The van der Waals surface area contributed by atoms with Gasteiger partial charge in [-0.2, -0.15) is 0 Å². The van der Waals surface area contributed by atoms with Crippen molar-refractivity contribution in [3.05, 3.63) is 0 Å². The van der Waals surface area contributed by atoms with Gasteiger partial charge in [0.15, 0.2) is 0 Å². The molecule has 1 aliphatic heterocycles. The van der Waals surface area contributed by atoms with Crippen molar-refractivity contribution in [2.45, 2.75) is 90.1 Å². The molecule has 1 unspecified atom stereocenters. The van der Waals surface area contributed by atoms with Crippen LogP contribution in [0.3, 0.4) is 0 Å². The lowest BCUT2D eigenvalue weighted by Gasteiger charge is -2.37. The van der Waals surface area contributed by atoms with Crippen LogP contribution < -0.4 is 0 Å². The van der Waals surface area contributed by atoms with E-state index in [1.165, 1.54) is 64.2 Å². The molecule has 0 radical (unpaired) electrons. The van der Waals surface area contributed by atoms with Crippen molar-refractivity contribution in [2.24, 2.45) is 0 Å². The van der Waals surface area contributed by atoms with Gasteiger partial charge in [-0.05, 0) is 25.1 Å². The Balaban J connectivity index is 1.89. The van der Waals surface area contributed by atoms with Crippen LogP contribution in [-0.4, -0.2) is 29.7 Å². The van der Waals surface area contributed by atoms with Gasteiger partial charge in [0.05, 0.1) is 12.2 Å². The van der Waals surface area contributed by atoms with Crippen LogP contribution in [0.25, 0.3) is 0 Å². The Labute approximate surface area is 131 Å². The Morgan fingerprint density at radius 2 is 1.50 bits per heavy atom. The van der Waals surface area contributed by atoms with E-state index in [0.717, 1.165) is 26.1 Å². The maximum absolute atomic E-state index is 6.09. The van der Waals surface area contributed by atoms with E-state index in [1.807, 2.05) is 4.42 Å². The van der Waals surface area contributed by atoms with E-state index in [4.69, 9.17) is 16.5 Å². The van der Waals surface area contributed by atoms with Gasteiger partial charge < -0.3 is 4.74 Å². The third-order valence-corrected chi connectivity index (χ3v) is 4.64. The molecule has 0 bridgehead atoms. The molecule has 0 amide bonds. The topological polar surface area (TPSA) is 12.5 Å². The lowest BCUT2D eigenvalue weighted by atomic mass is 9.96. The summed E-state index contributed by atoms with van der Waals surface area (Å²) in [6.07, 6.45) is 15.0. The van der Waals surface area contributed by atoms with E-state index in [0.29, 0.717) is 0 Å². The third-order valence-electron chi connectivity index (χ3n) is 4.35. The first-order chi connectivity index (χ1) is 9.66. The number of morpholine rings is 1. The Kier molecular flexibility index (Phi) is 9.92. The average Bonchev–Trinajstić information content (AvgIpc) is 2.40. The molecule has 0 aromatic carbocycles. The minimum absolute atomic E-state index is 0.0137. The molecule has 0 aliphatic carbocycles. The van der Waals surface area contributed by atoms with Crippen LogP contribution in [0.5, 0.6) is 0 Å². The van der Waals surface area contributed by atoms with E-state index in [9.17, 15) is 0 Å². The predicted octanol–water partition coefficient (Wildman–Crippen LogP) is 5.54. The number of nitrogens with zero attached hydrogens (tertiary/aromatic N) is 1. The maximum Gasteiger partial charge on any atom is 0.0794 e. The van der Waals surface area contributed by atoms with Crippen LogP contribution in [-0.2, 0) is 4.74 Å². The predicted molar refractivity (Wildman–Crippen MR) is 88.2 cm³/mol. The van der Waals surface area contributed by atoms with Crippen LogP contribution in [0, 0.1) is 0 Å². The fourth-order valence-electron chi connectivity index (χ4n) is 3.02. The van der Waals surface area contributed by atoms with Gasteiger partial charge in [0, 0.05) is 13.1 Å². The minimum atomic E-state index is -0.0137. The monoisotopic (exact) mass is 303 g/mol. The highest BCUT2D eigenvalue weighted by Crippen LogP contribution is 2.25. The highest BCUT2D eigenvalue weighted by molar-refractivity contribution is 6.13. The van der Waals surface area contributed by atoms with E-state index < -0.39 is 0 Å². The van der Waals surface area contributed by atoms with Gasteiger partial charge in [0.2, 0.25) is 0 Å². The number of unbranched alkanes of at least 4 members (excludes halogenated alkanes) is 9. The van der Waals surface area contributed by atoms with Crippen molar-refractivity contribution in [3.8, 4) is 0 Å². The molecule has 3 heteroatoms. The first kappa shape index (κ1) is 18.3. The molecular weight excluding hydrogens is 270 g/mol. The number of rotatable bonds is 11. The molecule has 1 rings (SSSR count). The highest BCUT2D eigenvalue weighted by atomic mass is 35.5. The van der Waals surface area contributed by atoms with Crippen molar-refractivity contribution >= 4 is 11.8 Å². The van der Waals surface area contributed by atoms with E-state index in [2.05, 4.69) is 13.8 Å². The number of halogens is 1. The molecule has 0 spiro atoms. The van der Waals surface area contributed by atoms with E-state index >= 15 is 0 Å². The molecule has 20 heavy (non-hydrogen) atoms. The maximum atomic E-state index is 6.09. The zero-order valence-corrected chi connectivity index (χ0v) is 14.4. The van der Waals surface area contributed by atoms with Gasteiger partial charge in [0.25, 0.3) is 0 Å². The summed E-state index contributed by atoms with van der Waals surface area (Å²) in [6, 6.07) is 0. The molecule has 0 aromatic heterocycles. The van der Waals surface area contributed by atoms with Crippen molar-refractivity contribution in [1.82, 2.24) is 4.42 Å². The highest BCUT2D eigenvalue weighted by Gasteiger charge is 2.30. The third kappa shape index (κ3) is 8.49. The quantitative estimate of drug-likeness (QED) is 0.367. The first-order valence-corrected chi connectivity index (χ1v) is 9.05. The summed E-state index contributed by atoms with van der Waals surface area (Å²) in [4.78, 5) is 0. The van der Waals surface area contributed by atoms with Gasteiger partial charge in [-0.3, -0.25) is 0 Å². The van der Waals surface area contributed by atoms with Crippen molar-refractivity contribution in [3.63, 3.8) is 0 Å². The molecule has 1 saturated heterocycles. The Bertz CT molecular complexity index is 237. The summed E-state index contributed by atoms with van der Waals surface area (Å²) in [5.41, 5.74) is -0.0137. The van der Waals surface area contributed by atoms with Gasteiger partial charge in [-0.1, -0.05) is 71.1 Å². The molecule has 1 fully saturated rings. The van der Waals surface area contributed by atoms with Crippen LogP contribution >= 0.6 is 11.8 Å². The second-order valence-corrected chi connectivity index (χ2v) is 7.05. The fraction of sp³-hybridized carbons (Fsp3) is 1.00. The Hall–Kier alpha value is 0.210. The van der Waals surface area contributed by atoms with E-state index in [-0.39, 0.29) is 5.60 Å². The molecule has 1 heterocycles.